The van der Waals surface area contributed by atoms with Gasteiger partial charge >= 0.3 is 6.03 Å². The van der Waals surface area contributed by atoms with E-state index >= 15 is 0 Å². The third-order valence-electron chi connectivity index (χ3n) is 3.44. The molecule has 0 saturated carbocycles. The van der Waals surface area contributed by atoms with Crippen molar-refractivity contribution in [1.82, 2.24) is 15.5 Å². The van der Waals surface area contributed by atoms with Gasteiger partial charge in [0.15, 0.2) is 0 Å². The van der Waals surface area contributed by atoms with E-state index in [1.54, 1.807) is 19.1 Å². The minimum absolute atomic E-state index is 0.0141. The number of nitrogens with one attached hydrogen (secondary N) is 2. The van der Waals surface area contributed by atoms with Crippen molar-refractivity contribution < 1.29 is 14.4 Å². The van der Waals surface area contributed by atoms with Crippen LogP contribution in [0.25, 0.3) is 11.4 Å². The Morgan fingerprint density at radius 1 is 1.36 bits per heavy atom. The molecule has 0 bridgehead atoms. The van der Waals surface area contributed by atoms with E-state index in [1.807, 2.05) is 26.0 Å². The number of urea groups is 1. The molecule has 2 aromatic rings. The van der Waals surface area contributed by atoms with Crippen molar-refractivity contribution in [3.05, 3.63) is 30.2 Å². The maximum absolute atomic E-state index is 12.1. The normalized spacial score (nSPS) is 13.5. The zero-order chi connectivity index (χ0) is 16.1. The third kappa shape index (κ3) is 3.82. The Morgan fingerprint density at radius 2 is 2.09 bits per heavy atom. The van der Waals surface area contributed by atoms with E-state index in [-0.39, 0.29) is 24.6 Å². The molecule has 0 aliphatic rings. The van der Waals surface area contributed by atoms with E-state index in [4.69, 9.17) is 9.63 Å². The average Bonchev–Trinajstić information content (AvgIpc) is 2.93. The topological polar surface area (TPSA) is 100 Å². The molecule has 0 saturated heterocycles. The van der Waals surface area contributed by atoms with Gasteiger partial charge in [-0.25, -0.2) is 4.79 Å². The smallest absolute Gasteiger partial charge is 0.319 e. The van der Waals surface area contributed by atoms with Crippen molar-refractivity contribution in [2.24, 2.45) is 5.92 Å². The van der Waals surface area contributed by atoms with Crippen LogP contribution in [0.4, 0.5) is 10.5 Å². The van der Waals surface area contributed by atoms with Crippen molar-refractivity contribution >= 4 is 11.7 Å². The largest absolute Gasteiger partial charge is 0.396 e. The van der Waals surface area contributed by atoms with E-state index in [0.717, 1.165) is 0 Å². The second-order valence-electron chi connectivity index (χ2n) is 5.23. The number of hydrogen-bond donors (Lipinski definition) is 3. The number of carbonyl (C=O) groups excluding carboxylic acids is 1. The number of aliphatic hydroxyl groups excluding tert-OH is 1. The molecule has 1 aromatic heterocycles. The number of anilines is 1. The fourth-order valence-electron chi connectivity index (χ4n) is 1.86. The summed E-state index contributed by atoms with van der Waals surface area (Å²) in [7, 11) is 0. The summed E-state index contributed by atoms with van der Waals surface area (Å²) in [6.07, 6.45) is 0. The number of carbonyl (C=O) groups is 1. The highest BCUT2D eigenvalue weighted by Gasteiger charge is 2.16. The predicted octanol–water partition coefficient (Wildman–Crippen LogP) is 2.18. The van der Waals surface area contributed by atoms with Crippen LogP contribution in [0.3, 0.4) is 0 Å². The van der Waals surface area contributed by atoms with Gasteiger partial charge in [-0.2, -0.15) is 4.98 Å². The number of aryl methyl sites for hydroxylation is 1. The standard InChI is InChI=1S/C15H20N4O3/c1-9(8-20)10(2)16-15(21)18-13-7-5-4-6-12(13)14-17-11(3)22-19-14/h4-7,9-10,20H,8H2,1-3H3,(H2,16,18,21). The van der Waals surface area contributed by atoms with Crippen LogP contribution < -0.4 is 10.6 Å². The minimum atomic E-state index is -0.347. The fourth-order valence-corrected chi connectivity index (χ4v) is 1.86. The fraction of sp³-hybridized carbons (Fsp3) is 0.400. The van der Waals surface area contributed by atoms with Crippen LogP contribution in [0.2, 0.25) is 0 Å². The summed E-state index contributed by atoms with van der Waals surface area (Å²) in [4.78, 5) is 16.2. The number of benzene rings is 1. The zero-order valence-electron chi connectivity index (χ0n) is 12.8. The van der Waals surface area contributed by atoms with Crippen LogP contribution in [0.15, 0.2) is 28.8 Å². The Kier molecular flexibility index (Phi) is 5.11. The molecule has 22 heavy (non-hydrogen) atoms. The number of nitrogens with zero attached hydrogens (tertiary/aromatic N) is 2. The molecule has 7 nitrogen and oxygen atoms in total. The van der Waals surface area contributed by atoms with E-state index in [9.17, 15) is 4.79 Å². The summed E-state index contributed by atoms with van der Waals surface area (Å²) in [5.74, 6) is 0.852. The van der Waals surface area contributed by atoms with Crippen LogP contribution in [-0.4, -0.2) is 33.9 Å². The van der Waals surface area contributed by atoms with Crippen molar-refractivity contribution in [2.45, 2.75) is 26.8 Å². The minimum Gasteiger partial charge on any atom is -0.396 e. The first kappa shape index (κ1) is 16.0. The van der Waals surface area contributed by atoms with Crippen molar-refractivity contribution in [3.63, 3.8) is 0 Å². The molecule has 0 radical (unpaired) electrons. The monoisotopic (exact) mass is 304 g/mol. The lowest BCUT2D eigenvalue weighted by Crippen LogP contribution is -2.40. The van der Waals surface area contributed by atoms with Crippen molar-refractivity contribution in [2.75, 3.05) is 11.9 Å². The first-order valence-corrected chi connectivity index (χ1v) is 7.09. The summed E-state index contributed by atoms with van der Waals surface area (Å²) >= 11 is 0. The number of aromatic nitrogens is 2. The molecule has 1 heterocycles. The Morgan fingerprint density at radius 3 is 2.73 bits per heavy atom. The second-order valence-corrected chi connectivity index (χ2v) is 5.23. The number of para-hydroxylation sites is 1. The van der Waals surface area contributed by atoms with Gasteiger partial charge in [0, 0.05) is 25.1 Å². The van der Waals surface area contributed by atoms with Gasteiger partial charge in [-0.05, 0) is 25.0 Å². The molecule has 0 aliphatic heterocycles. The molecule has 3 N–H and O–H groups in total. The van der Waals surface area contributed by atoms with E-state index in [2.05, 4.69) is 20.8 Å². The van der Waals surface area contributed by atoms with Crippen LogP contribution in [-0.2, 0) is 0 Å². The van der Waals surface area contributed by atoms with Gasteiger partial charge in [-0.1, -0.05) is 24.2 Å². The first-order chi connectivity index (χ1) is 10.5. The van der Waals surface area contributed by atoms with Crippen LogP contribution >= 0.6 is 0 Å². The number of rotatable bonds is 5. The Balaban J connectivity index is 2.12. The summed E-state index contributed by atoms with van der Waals surface area (Å²) in [6, 6.07) is 6.72. The molecule has 2 atom stereocenters. The maximum atomic E-state index is 12.1. The molecule has 2 rings (SSSR count). The third-order valence-corrected chi connectivity index (χ3v) is 3.44. The van der Waals surface area contributed by atoms with Gasteiger partial charge in [0.05, 0.1) is 5.69 Å². The first-order valence-electron chi connectivity index (χ1n) is 7.09. The van der Waals surface area contributed by atoms with Crippen LogP contribution in [0.1, 0.15) is 19.7 Å². The van der Waals surface area contributed by atoms with Crippen molar-refractivity contribution in [1.29, 1.82) is 0 Å². The molecule has 118 valence electrons. The Labute approximate surface area is 128 Å². The summed E-state index contributed by atoms with van der Waals surface area (Å²) in [5.41, 5.74) is 1.27. The Bertz CT molecular complexity index is 641. The average molecular weight is 304 g/mol. The quantitative estimate of drug-likeness (QED) is 0.786. The second kappa shape index (κ2) is 7.04. The molecule has 0 aliphatic carbocycles. The highest BCUT2D eigenvalue weighted by molar-refractivity contribution is 5.93. The van der Waals surface area contributed by atoms with E-state index in [1.165, 1.54) is 0 Å². The summed E-state index contributed by atoms with van der Waals surface area (Å²) < 4.78 is 4.97. The van der Waals surface area contributed by atoms with Gasteiger partial charge in [-0.3, -0.25) is 0 Å². The number of hydrogen-bond acceptors (Lipinski definition) is 5. The highest BCUT2D eigenvalue weighted by Crippen LogP contribution is 2.25. The van der Waals surface area contributed by atoms with Gasteiger partial charge < -0.3 is 20.3 Å². The SMILES string of the molecule is Cc1nc(-c2ccccc2NC(=O)NC(C)C(C)CO)no1. The lowest BCUT2D eigenvalue weighted by molar-refractivity contribution is 0.204. The molecular formula is C15H20N4O3. The van der Waals surface area contributed by atoms with Crippen LogP contribution in [0.5, 0.6) is 0 Å². The van der Waals surface area contributed by atoms with Gasteiger partial charge in [0.2, 0.25) is 11.7 Å². The maximum Gasteiger partial charge on any atom is 0.319 e. The zero-order valence-corrected chi connectivity index (χ0v) is 12.8. The summed E-state index contributed by atoms with van der Waals surface area (Å²) in [6.45, 7) is 5.42. The van der Waals surface area contributed by atoms with Gasteiger partial charge in [-0.15, -0.1) is 0 Å². The molecule has 1 aromatic carbocycles. The van der Waals surface area contributed by atoms with Crippen molar-refractivity contribution in [3.8, 4) is 11.4 Å². The van der Waals surface area contributed by atoms with Gasteiger partial charge in [0.1, 0.15) is 0 Å². The van der Waals surface area contributed by atoms with E-state index < -0.39 is 0 Å². The number of aliphatic hydroxyl groups is 1. The molecule has 2 unspecified atom stereocenters. The Hall–Kier alpha value is -2.41. The van der Waals surface area contributed by atoms with Crippen LogP contribution in [0, 0.1) is 12.8 Å². The van der Waals surface area contributed by atoms with E-state index in [0.29, 0.717) is 23.0 Å². The molecule has 0 fully saturated rings. The predicted molar refractivity (Wildman–Crippen MR) is 82.3 cm³/mol. The molecule has 7 heteroatoms. The number of amides is 2. The molecule has 2 amide bonds. The lowest BCUT2D eigenvalue weighted by atomic mass is 10.1. The summed E-state index contributed by atoms with van der Waals surface area (Å²) in [5, 5.41) is 18.5. The molecule has 0 spiro atoms. The lowest BCUT2D eigenvalue weighted by Gasteiger charge is -2.20. The van der Waals surface area contributed by atoms with Gasteiger partial charge in [0.25, 0.3) is 0 Å². The molecular weight excluding hydrogens is 284 g/mol. The highest BCUT2D eigenvalue weighted by atomic mass is 16.5.